The molecule has 190 valence electrons. The zero-order valence-corrected chi connectivity index (χ0v) is 22.2. The van der Waals surface area contributed by atoms with Gasteiger partial charge in [-0.25, -0.2) is 13.2 Å². The summed E-state index contributed by atoms with van der Waals surface area (Å²) >= 11 is 1.26. The number of carbonyl (C=O) groups excluding carboxylic acids is 2. The summed E-state index contributed by atoms with van der Waals surface area (Å²) < 4.78 is 32.0. The summed E-state index contributed by atoms with van der Waals surface area (Å²) in [6.45, 7) is 2.97. The fourth-order valence-corrected chi connectivity index (χ4v) is 7.95. The number of aromatic nitrogens is 1. The van der Waals surface area contributed by atoms with Crippen LogP contribution in [0.15, 0.2) is 90.6 Å². The first kappa shape index (κ1) is 25.2. The minimum atomic E-state index is -3.96. The van der Waals surface area contributed by atoms with Gasteiger partial charge in [0.25, 0.3) is 5.91 Å². The third-order valence-corrected chi connectivity index (χ3v) is 10.5. The Balaban J connectivity index is 1.54. The van der Waals surface area contributed by atoms with E-state index in [1.165, 1.54) is 30.5 Å². The number of hydrogen-bond donors (Lipinski definition) is 0. The number of carbonyl (C=O) groups is 2. The number of amides is 1. The van der Waals surface area contributed by atoms with Crippen molar-refractivity contribution in [3.8, 4) is 0 Å². The van der Waals surface area contributed by atoms with E-state index in [4.69, 9.17) is 4.74 Å². The number of thioether (sulfide) groups is 1. The molecule has 2 aromatic carbocycles. The summed E-state index contributed by atoms with van der Waals surface area (Å²) in [7, 11) is -3.96. The van der Waals surface area contributed by atoms with Gasteiger partial charge in [-0.3, -0.25) is 9.78 Å². The van der Waals surface area contributed by atoms with Crippen LogP contribution in [0.25, 0.3) is 4.91 Å². The van der Waals surface area contributed by atoms with Crippen molar-refractivity contribution in [2.45, 2.75) is 36.1 Å². The van der Waals surface area contributed by atoms with Gasteiger partial charge in [0.1, 0.15) is 4.75 Å². The van der Waals surface area contributed by atoms with Crippen molar-refractivity contribution in [3.05, 3.63) is 107 Å². The number of pyridine rings is 1. The van der Waals surface area contributed by atoms with Crippen molar-refractivity contribution < 1.29 is 22.7 Å². The lowest BCUT2D eigenvalue weighted by atomic mass is 9.94. The van der Waals surface area contributed by atoms with E-state index in [-0.39, 0.29) is 5.57 Å². The summed E-state index contributed by atoms with van der Waals surface area (Å²) in [5, 5.41) is -1.23. The molecule has 0 radical (unpaired) electrons. The van der Waals surface area contributed by atoms with E-state index in [9.17, 15) is 18.0 Å². The van der Waals surface area contributed by atoms with Crippen molar-refractivity contribution in [3.63, 3.8) is 0 Å². The molecule has 2 aliphatic rings. The molecule has 9 heteroatoms. The SMILES string of the molecule is CS/C(=C1\C(=O)N2[C@@H](C(=O)OC(c3ccccc3)c3ccccc3)C(C)(C)S(=O)(=O)[C@H]12)c1ccccn1. The fourth-order valence-electron chi connectivity index (χ4n) is 4.98. The predicted octanol–water partition coefficient (Wildman–Crippen LogP) is 4.23. The van der Waals surface area contributed by atoms with Crippen LogP contribution in [0.4, 0.5) is 0 Å². The molecule has 0 N–H and O–H groups in total. The van der Waals surface area contributed by atoms with Crippen LogP contribution >= 0.6 is 11.8 Å². The van der Waals surface area contributed by atoms with Gasteiger partial charge >= 0.3 is 5.97 Å². The van der Waals surface area contributed by atoms with Crippen molar-refractivity contribution in [1.82, 2.24) is 9.88 Å². The molecule has 0 saturated carbocycles. The third kappa shape index (κ3) is 3.97. The maximum Gasteiger partial charge on any atom is 0.331 e. The van der Waals surface area contributed by atoms with Crippen molar-refractivity contribution in [1.29, 1.82) is 0 Å². The molecule has 5 rings (SSSR count). The first-order chi connectivity index (χ1) is 17.7. The van der Waals surface area contributed by atoms with Crippen molar-refractivity contribution >= 4 is 38.4 Å². The van der Waals surface area contributed by atoms with E-state index >= 15 is 0 Å². The molecule has 3 aromatic rings. The highest BCUT2D eigenvalue weighted by Gasteiger charge is 2.71. The summed E-state index contributed by atoms with van der Waals surface area (Å²) in [5.41, 5.74) is 2.16. The lowest BCUT2D eigenvalue weighted by Crippen LogP contribution is -2.59. The highest BCUT2D eigenvalue weighted by atomic mass is 32.2. The zero-order valence-electron chi connectivity index (χ0n) is 20.6. The molecule has 2 aliphatic heterocycles. The second kappa shape index (κ2) is 9.46. The third-order valence-electron chi connectivity index (χ3n) is 6.94. The minimum Gasteiger partial charge on any atom is -0.451 e. The van der Waals surface area contributed by atoms with Gasteiger partial charge in [-0.05, 0) is 43.4 Å². The highest BCUT2D eigenvalue weighted by molar-refractivity contribution is 8.07. The molecule has 0 bridgehead atoms. The van der Waals surface area contributed by atoms with Crippen LogP contribution in [0.1, 0.15) is 36.8 Å². The molecule has 2 atom stereocenters. The number of fused-ring (bicyclic) bond motifs is 1. The van der Waals surface area contributed by atoms with E-state index in [0.29, 0.717) is 10.6 Å². The fraction of sp³-hybridized carbons (Fsp3) is 0.250. The number of β-lactam (4-membered cyclic amide) rings is 1. The number of rotatable bonds is 6. The normalized spacial score (nSPS) is 22.8. The van der Waals surface area contributed by atoms with E-state index in [1.54, 1.807) is 30.7 Å². The van der Waals surface area contributed by atoms with Crippen LogP contribution < -0.4 is 0 Å². The first-order valence-electron chi connectivity index (χ1n) is 11.8. The van der Waals surface area contributed by atoms with Gasteiger partial charge in [0.2, 0.25) is 0 Å². The maximum atomic E-state index is 13.8. The van der Waals surface area contributed by atoms with Crippen LogP contribution in [0.3, 0.4) is 0 Å². The standard InChI is InChI=1S/C28H26N2O5S2/c1-28(2)24(27(32)35-22(18-12-6-4-7-13-18)19-14-8-5-9-15-19)30-25(31)21(26(30)37(28,33)34)23(36-3)20-16-10-11-17-29-20/h4-17,22,24,26H,1-3H3/b23-21+/t24-,26+/m0/s1. The van der Waals surface area contributed by atoms with Gasteiger partial charge in [-0.2, -0.15) is 0 Å². The average Bonchev–Trinajstić information content (AvgIpc) is 3.06. The number of ether oxygens (including phenoxy) is 1. The van der Waals surface area contributed by atoms with Crippen LogP contribution in [0, 0.1) is 0 Å². The van der Waals surface area contributed by atoms with E-state index in [2.05, 4.69) is 4.98 Å². The summed E-state index contributed by atoms with van der Waals surface area (Å²) in [6, 6.07) is 22.5. The van der Waals surface area contributed by atoms with Gasteiger partial charge in [-0.1, -0.05) is 66.7 Å². The van der Waals surface area contributed by atoms with Gasteiger partial charge in [0, 0.05) is 11.1 Å². The van der Waals surface area contributed by atoms with Crippen molar-refractivity contribution in [2.75, 3.05) is 6.26 Å². The Morgan fingerprint density at radius 2 is 1.54 bits per heavy atom. The predicted molar refractivity (Wildman–Crippen MR) is 143 cm³/mol. The smallest absolute Gasteiger partial charge is 0.331 e. The van der Waals surface area contributed by atoms with E-state index in [1.807, 2.05) is 60.7 Å². The monoisotopic (exact) mass is 534 g/mol. The largest absolute Gasteiger partial charge is 0.451 e. The van der Waals surface area contributed by atoms with Crippen LogP contribution in [0.5, 0.6) is 0 Å². The van der Waals surface area contributed by atoms with Crippen molar-refractivity contribution in [2.24, 2.45) is 0 Å². The number of sulfone groups is 1. The molecule has 2 saturated heterocycles. The van der Waals surface area contributed by atoms with Gasteiger partial charge in [0.15, 0.2) is 27.4 Å². The Morgan fingerprint density at radius 3 is 2.05 bits per heavy atom. The number of esters is 1. The maximum absolute atomic E-state index is 13.8. The summed E-state index contributed by atoms with van der Waals surface area (Å²) in [4.78, 5) is 33.2. The lowest BCUT2D eigenvalue weighted by Gasteiger charge is -2.40. The molecule has 7 nitrogen and oxygen atoms in total. The lowest BCUT2D eigenvalue weighted by molar-refractivity contribution is -0.160. The molecule has 0 spiro atoms. The Kier molecular flexibility index (Phi) is 6.45. The molecule has 0 aliphatic carbocycles. The second-order valence-corrected chi connectivity index (χ2v) is 12.8. The van der Waals surface area contributed by atoms with Gasteiger partial charge < -0.3 is 9.64 Å². The first-order valence-corrected chi connectivity index (χ1v) is 14.5. The minimum absolute atomic E-state index is 0.150. The molecule has 37 heavy (non-hydrogen) atoms. The zero-order chi connectivity index (χ0) is 26.4. The molecule has 2 fully saturated rings. The average molecular weight is 535 g/mol. The summed E-state index contributed by atoms with van der Waals surface area (Å²) in [5.74, 6) is -1.25. The molecular weight excluding hydrogens is 508 g/mol. The molecule has 1 amide bonds. The Bertz CT molecular complexity index is 1430. The van der Waals surface area contributed by atoms with Crippen LogP contribution in [0.2, 0.25) is 0 Å². The highest BCUT2D eigenvalue weighted by Crippen LogP contribution is 2.52. The van der Waals surface area contributed by atoms with E-state index in [0.717, 1.165) is 11.1 Å². The molecule has 0 unspecified atom stereocenters. The quantitative estimate of drug-likeness (QED) is 0.265. The Morgan fingerprint density at radius 1 is 0.973 bits per heavy atom. The summed E-state index contributed by atoms with van der Waals surface area (Å²) in [6.07, 6.45) is 2.61. The van der Waals surface area contributed by atoms with Crippen LogP contribution in [-0.4, -0.2) is 52.6 Å². The second-order valence-electron chi connectivity index (χ2n) is 9.42. The molecule has 3 heterocycles. The topological polar surface area (TPSA) is 93.6 Å². The van der Waals surface area contributed by atoms with E-state index < -0.39 is 44.0 Å². The van der Waals surface area contributed by atoms with Gasteiger partial charge in [0.05, 0.1) is 11.3 Å². The van der Waals surface area contributed by atoms with Gasteiger partial charge in [-0.15, -0.1) is 11.8 Å². The Labute approximate surface area is 220 Å². The Hall–Kier alpha value is -3.43. The molecule has 1 aromatic heterocycles. The molecular formula is C28H26N2O5S2. The number of benzene rings is 2. The van der Waals surface area contributed by atoms with Crippen LogP contribution in [-0.2, 0) is 24.2 Å². The number of nitrogens with zero attached hydrogens (tertiary/aromatic N) is 2. The number of hydrogen-bond acceptors (Lipinski definition) is 7.